The van der Waals surface area contributed by atoms with Crippen molar-refractivity contribution in [3.63, 3.8) is 0 Å². The van der Waals surface area contributed by atoms with Crippen LogP contribution in [-0.2, 0) is 10.0 Å². The molecule has 1 saturated carbocycles. The van der Waals surface area contributed by atoms with Crippen LogP contribution in [0.5, 0.6) is 0 Å². The number of nitrogens with two attached hydrogens (primary N) is 1. The Bertz CT molecular complexity index is 612. The van der Waals surface area contributed by atoms with Crippen molar-refractivity contribution < 1.29 is 17.2 Å². The Balaban J connectivity index is 2.07. The van der Waals surface area contributed by atoms with E-state index in [0.717, 1.165) is 37.8 Å². The second-order valence-electron chi connectivity index (χ2n) is 5.75. The first-order chi connectivity index (χ1) is 9.81. The van der Waals surface area contributed by atoms with E-state index in [-0.39, 0.29) is 12.5 Å². The Kier molecular flexibility index (Phi) is 4.83. The summed E-state index contributed by atoms with van der Waals surface area (Å²) < 4.78 is 53.5. The topological polar surface area (TPSA) is 72.2 Å². The first-order valence-electron chi connectivity index (χ1n) is 7.04. The summed E-state index contributed by atoms with van der Waals surface area (Å²) >= 11 is 0. The number of halogens is 2. The summed E-state index contributed by atoms with van der Waals surface area (Å²) in [5.41, 5.74) is 4.42. The van der Waals surface area contributed by atoms with Crippen molar-refractivity contribution >= 4 is 15.7 Å². The summed E-state index contributed by atoms with van der Waals surface area (Å²) in [6.45, 7) is 2.45. The third kappa shape index (κ3) is 3.71. The van der Waals surface area contributed by atoms with Crippen molar-refractivity contribution in [2.75, 3.05) is 12.3 Å². The number of nitrogen functional groups attached to an aromatic ring is 1. The average molecular weight is 318 g/mol. The normalized spacial score (nSPS) is 23.2. The molecule has 1 aromatic rings. The Hall–Kier alpha value is -1.21. The maximum atomic E-state index is 13.8. The zero-order valence-electron chi connectivity index (χ0n) is 11.9. The van der Waals surface area contributed by atoms with Gasteiger partial charge in [-0.25, -0.2) is 21.9 Å². The number of sulfonamides is 1. The number of anilines is 1. The summed E-state index contributed by atoms with van der Waals surface area (Å²) in [5.74, 6) is -1.27. The molecule has 1 aliphatic carbocycles. The number of hydrogen-bond donors (Lipinski definition) is 2. The minimum Gasteiger partial charge on any atom is -0.394 e. The van der Waals surface area contributed by atoms with Crippen LogP contribution >= 0.6 is 0 Å². The zero-order valence-corrected chi connectivity index (χ0v) is 12.7. The van der Waals surface area contributed by atoms with Crippen LogP contribution in [0.3, 0.4) is 0 Å². The fraction of sp³-hybridized carbons (Fsp3) is 0.571. The number of benzene rings is 1. The quantitative estimate of drug-likeness (QED) is 0.838. The summed E-state index contributed by atoms with van der Waals surface area (Å²) in [4.78, 5) is -0.606. The fourth-order valence-electron chi connectivity index (χ4n) is 2.60. The molecule has 4 nitrogen and oxygen atoms in total. The van der Waals surface area contributed by atoms with Gasteiger partial charge in [0.15, 0.2) is 5.82 Å². The maximum absolute atomic E-state index is 13.8. The second-order valence-corrected chi connectivity index (χ2v) is 7.49. The molecule has 0 unspecified atom stereocenters. The van der Waals surface area contributed by atoms with Crippen molar-refractivity contribution in [2.24, 2.45) is 11.8 Å². The molecular formula is C14H20F2N2O2S. The molecule has 0 saturated heterocycles. The highest BCUT2D eigenvalue weighted by Crippen LogP contribution is 2.28. The van der Waals surface area contributed by atoms with Crippen LogP contribution in [0, 0.1) is 23.5 Å². The van der Waals surface area contributed by atoms with Gasteiger partial charge in [0.05, 0.1) is 0 Å². The van der Waals surface area contributed by atoms with Crippen molar-refractivity contribution in [3.8, 4) is 0 Å². The van der Waals surface area contributed by atoms with Crippen LogP contribution in [-0.4, -0.2) is 15.0 Å². The molecule has 7 heteroatoms. The van der Waals surface area contributed by atoms with E-state index in [9.17, 15) is 17.2 Å². The van der Waals surface area contributed by atoms with Gasteiger partial charge in [0, 0.05) is 6.54 Å². The molecule has 21 heavy (non-hydrogen) atoms. The lowest BCUT2D eigenvalue weighted by Crippen LogP contribution is -2.31. The van der Waals surface area contributed by atoms with E-state index in [4.69, 9.17) is 5.73 Å². The van der Waals surface area contributed by atoms with E-state index in [2.05, 4.69) is 11.6 Å². The van der Waals surface area contributed by atoms with E-state index in [0.29, 0.717) is 5.92 Å². The molecule has 0 radical (unpaired) electrons. The van der Waals surface area contributed by atoms with Crippen molar-refractivity contribution in [1.29, 1.82) is 0 Å². The summed E-state index contributed by atoms with van der Waals surface area (Å²) in [6, 6.07) is 1.75. The SMILES string of the molecule is CC1CCC(CNS(=O)(=O)c2ccc(F)c(N)c2F)CC1. The molecule has 0 spiro atoms. The summed E-state index contributed by atoms with van der Waals surface area (Å²) in [5, 5.41) is 0. The molecule has 1 aliphatic rings. The first-order valence-corrected chi connectivity index (χ1v) is 8.52. The number of hydrogen-bond acceptors (Lipinski definition) is 3. The standard InChI is InChI=1S/C14H20F2N2O2S/c1-9-2-4-10(5-3-9)8-18-21(19,20)12-7-6-11(15)14(17)13(12)16/h6-7,9-10,18H,2-5,8,17H2,1H3. The molecule has 118 valence electrons. The molecule has 2 rings (SSSR count). The minimum absolute atomic E-state index is 0.261. The molecule has 0 amide bonds. The Morgan fingerprint density at radius 3 is 2.48 bits per heavy atom. The molecule has 1 aromatic carbocycles. The Labute approximate surface area is 123 Å². The van der Waals surface area contributed by atoms with Crippen LogP contribution in [0.25, 0.3) is 0 Å². The molecule has 0 bridgehead atoms. The molecule has 0 aliphatic heterocycles. The molecule has 1 fully saturated rings. The monoisotopic (exact) mass is 318 g/mol. The van der Waals surface area contributed by atoms with E-state index in [1.165, 1.54) is 0 Å². The lowest BCUT2D eigenvalue weighted by Gasteiger charge is -2.26. The van der Waals surface area contributed by atoms with Gasteiger partial charge < -0.3 is 5.73 Å². The van der Waals surface area contributed by atoms with Gasteiger partial charge in [0.1, 0.15) is 16.4 Å². The van der Waals surface area contributed by atoms with Crippen molar-refractivity contribution in [3.05, 3.63) is 23.8 Å². The van der Waals surface area contributed by atoms with Gasteiger partial charge in [-0.2, -0.15) is 0 Å². The molecule has 3 N–H and O–H groups in total. The van der Waals surface area contributed by atoms with Gasteiger partial charge >= 0.3 is 0 Å². The van der Waals surface area contributed by atoms with Gasteiger partial charge in [-0.1, -0.05) is 19.8 Å². The fourth-order valence-corrected chi connectivity index (χ4v) is 3.80. The third-order valence-corrected chi connectivity index (χ3v) is 5.52. The Morgan fingerprint density at radius 2 is 1.86 bits per heavy atom. The molecule has 0 aromatic heterocycles. The first kappa shape index (κ1) is 16.2. The lowest BCUT2D eigenvalue weighted by molar-refractivity contribution is 0.290. The minimum atomic E-state index is -4.01. The van der Waals surface area contributed by atoms with E-state index in [1.54, 1.807) is 0 Å². The van der Waals surface area contributed by atoms with E-state index in [1.807, 2.05) is 0 Å². The molecule has 0 heterocycles. The smallest absolute Gasteiger partial charge is 0.243 e. The van der Waals surface area contributed by atoms with Gasteiger partial charge in [-0.15, -0.1) is 0 Å². The van der Waals surface area contributed by atoms with Crippen molar-refractivity contribution in [2.45, 2.75) is 37.5 Å². The van der Waals surface area contributed by atoms with Gasteiger partial charge in [0.25, 0.3) is 0 Å². The van der Waals surface area contributed by atoms with E-state index < -0.39 is 32.2 Å². The van der Waals surface area contributed by atoms with Crippen LogP contribution in [0.1, 0.15) is 32.6 Å². The zero-order chi connectivity index (χ0) is 15.6. The van der Waals surface area contributed by atoms with Gasteiger partial charge in [-0.3, -0.25) is 0 Å². The number of rotatable bonds is 4. The van der Waals surface area contributed by atoms with Gasteiger partial charge in [0.2, 0.25) is 10.0 Å². The van der Waals surface area contributed by atoms with Crippen LogP contribution < -0.4 is 10.5 Å². The highest BCUT2D eigenvalue weighted by molar-refractivity contribution is 7.89. The average Bonchev–Trinajstić information content (AvgIpc) is 2.44. The maximum Gasteiger partial charge on any atom is 0.243 e. The summed E-state index contributed by atoms with van der Waals surface area (Å²) in [7, 11) is -4.01. The Morgan fingerprint density at radius 1 is 1.24 bits per heavy atom. The second kappa shape index (κ2) is 6.27. The summed E-state index contributed by atoms with van der Waals surface area (Å²) in [6.07, 6.45) is 4.06. The van der Waals surface area contributed by atoms with Crippen LogP contribution in [0.4, 0.5) is 14.5 Å². The van der Waals surface area contributed by atoms with E-state index >= 15 is 0 Å². The highest BCUT2D eigenvalue weighted by Gasteiger charge is 2.25. The van der Waals surface area contributed by atoms with Crippen LogP contribution in [0.2, 0.25) is 0 Å². The highest BCUT2D eigenvalue weighted by atomic mass is 32.2. The number of nitrogens with one attached hydrogen (secondary N) is 1. The van der Waals surface area contributed by atoms with Gasteiger partial charge in [-0.05, 0) is 36.8 Å². The third-order valence-electron chi connectivity index (χ3n) is 4.08. The largest absolute Gasteiger partial charge is 0.394 e. The lowest BCUT2D eigenvalue weighted by atomic mass is 9.83. The molecular weight excluding hydrogens is 298 g/mol. The molecule has 0 atom stereocenters. The predicted octanol–water partition coefficient (Wildman–Crippen LogP) is 2.65. The van der Waals surface area contributed by atoms with Crippen LogP contribution in [0.15, 0.2) is 17.0 Å². The van der Waals surface area contributed by atoms with Crippen molar-refractivity contribution in [1.82, 2.24) is 4.72 Å². The predicted molar refractivity (Wildman–Crippen MR) is 77.1 cm³/mol.